The van der Waals surface area contributed by atoms with Crippen LogP contribution in [-0.4, -0.2) is 12.5 Å². The lowest BCUT2D eigenvalue weighted by Crippen LogP contribution is -2.15. The molecule has 4 aromatic carbocycles. The lowest BCUT2D eigenvalue weighted by molar-refractivity contribution is -0.112. The Morgan fingerprint density at radius 3 is 2.39 bits per heavy atom. The average molecular weight is 477 g/mol. The fraction of sp³-hybridized carbons (Fsp3) is 0.161. The van der Waals surface area contributed by atoms with Crippen LogP contribution in [0.15, 0.2) is 84.4 Å². The number of carbonyl (C=O) groups is 1. The summed E-state index contributed by atoms with van der Waals surface area (Å²) in [5.74, 6) is 0.698. The number of benzene rings is 4. The lowest BCUT2D eigenvalue weighted by atomic mass is 10.1. The quantitative estimate of drug-likeness (QED) is 0.220. The first-order valence-corrected chi connectivity index (χ1v) is 11.9. The lowest BCUT2D eigenvalue weighted by Gasteiger charge is -2.14. The number of hydrogen-bond donors (Lipinski definition) is 1. The van der Waals surface area contributed by atoms with Gasteiger partial charge < -0.3 is 14.8 Å². The molecular formula is C31H28N2O3. The van der Waals surface area contributed by atoms with Crippen LogP contribution in [0.3, 0.4) is 0 Å². The number of nitrogens with one attached hydrogen (secondary N) is 1. The van der Waals surface area contributed by atoms with E-state index in [0.29, 0.717) is 30.3 Å². The molecule has 5 heteroatoms. The number of amides is 1. The number of nitrogens with zero attached hydrogens (tertiary/aromatic N) is 1. The minimum atomic E-state index is -0.454. The van der Waals surface area contributed by atoms with E-state index in [4.69, 9.17) is 9.47 Å². The predicted molar refractivity (Wildman–Crippen MR) is 144 cm³/mol. The molecule has 36 heavy (non-hydrogen) atoms. The van der Waals surface area contributed by atoms with Gasteiger partial charge >= 0.3 is 0 Å². The average Bonchev–Trinajstić information content (AvgIpc) is 2.89. The third-order valence-corrected chi connectivity index (χ3v) is 5.93. The standard InChI is InChI=1S/C31H28N2O3/c1-4-35-29-18-23(17-26(19-32)31(34)33-30-21(2)9-7-10-22(30)3)15-16-28(29)36-20-25-13-8-12-24-11-5-6-14-27(24)25/h5-18H,4,20H2,1-3H3,(H,33,34)/b26-17+. The molecule has 0 bridgehead atoms. The van der Waals surface area contributed by atoms with E-state index in [2.05, 4.69) is 23.5 Å². The number of nitriles is 1. The number of para-hydroxylation sites is 1. The first-order chi connectivity index (χ1) is 17.5. The van der Waals surface area contributed by atoms with Crippen LogP contribution in [0.25, 0.3) is 16.8 Å². The van der Waals surface area contributed by atoms with E-state index in [0.717, 1.165) is 33.2 Å². The number of aryl methyl sites for hydroxylation is 2. The Morgan fingerprint density at radius 1 is 0.917 bits per heavy atom. The summed E-state index contributed by atoms with van der Waals surface area (Å²) in [7, 11) is 0. The van der Waals surface area contributed by atoms with Gasteiger partial charge in [-0.1, -0.05) is 66.7 Å². The Labute approximate surface area is 211 Å². The SMILES string of the molecule is CCOc1cc(/C=C(\C#N)C(=O)Nc2c(C)cccc2C)ccc1OCc1cccc2ccccc12. The van der Waals surface area contributed by atoms with Crippen LogP contribution in [0.1, 0.15) is 29.2 Å². The predicted octanol–water partition coefficient (Wildman–Crippen LogP) is 6.98. The third kappa shape index (κ3) is 5.56. The smallest absolute Gasteiger partial charge is 0.266 e. The summed E-state index contributed by atoms with van der Waals surface area (Å²) in [4.78, 5) is 12.8. The van der Waals surface area contributed by atoms with E-state index in [-0.39, 0.29) is 5.57 Å². The molecule has 0 atom stereocenters. The van der Waals surface area contributed by atoms with Crippen molar-refractivity contribution in [3.8, 4) is 17.6 Å². The molecule has 5 nitrogen and oxygen atoms in total. The molecule has 0 aliphatic carbocycles. The molecule has 1 amide bonds. The van der Waals surface area contributed by atoms with Crippen molar-refractivity contribution in [1.82, 2.24) is 0 Å². The van der Waals surface area contributed by atoms with Crippen LogP contribution in [0.5, 0.6) is 11.5 Å². The number of anilines is 1. The maximum absolute atomic E-state index is 12.8. The first-order valence-electron chi connectivity index (χ1n) is 11.9. The molecule has 0 fully saturated rings. The topological polar surface area (TPSA) is 71.3 Å². The number of fused-ring (bicyclic) bond motifs is 1. The molecule has 0 saturated heterocycles. The van der Waals surface area contributed by atoms with Crippen LogP contribution in [0.2, 0.25) is 0 Å². The second-order valence-corrected chi connectivity index (χ2v) is 8.46. The number of hydrogen-bond acceptors (Lipinski definition) is 4. The van der Waals surface area contributed by atoms with E-state index in [1.165, 1.54) is 0 Å². The van der Waals surface area contributed by atoms with Gasteiger partial charge in [-0.2, -0.15) is 5.26 Å². The van der Waals surface area contributed by atoms with Gasteiger partial charge in [0.15, 0.2) is 11.5 Å². The maximum Gasteiger partial charge on any atom is 0.266 e. The minimum absolute atomic E-state index is 0.00419. The fourth-order valence-corrected chi connectivity index (χ4v) is 4.08. The van der Waals surface area contributed by atoms with Crippen molar-refractivity contribution in [2.45, 2.75) is 27.4 Å². The Balaban J connectivity index is 1.56. The fourth-order valence-electron chi connectivity index (χ4n) is 4.08. The Hall–Kier alpha value is -4.56. The first kappa shape index (κ1) is 24.6. The minimum Gasteiger partial charge on any atom is -0.490 e. The number of carbonyl (C=O) groups excluding carboxylic acids is 1. The molecule has 0 aliphatic rings. The summed E-state index contributed by atoms with van der Waals surface area (Å²) >= 11 is 0. The molecule has 4 aromatic rings. The molecule has 0 heterocycles. The van der Waals surface area contributed by atoms with Gasteiger partial charge in [-0.25, -0.2) is 0 Å². The van der Waals surface area contributed by atoms with Crippen LogP contribution < -0.4 is 14.8 Å². The molecule has 4 rings (SSSR count). The second kappa shape index (κ2) is 11.2. The van der Waals surface area contributed by atoms with Crippen LogP contribution in [0.4, 0.5) is 5.69 Å². The second-order valence-electron chi connectivity index (χ2n) is 8.46. The summed E-state index contributed by atoms with van der Waals surface area (Å²) in [6.45, 7) is 6.58. The number of ether oxygens (including phenoxy) is 2. The molecule has 1 N–H and O–H groups in total. The molecule has 0 spiro atoms. The normalized spacial score (nSPS) is 11.1. The zero-order chi connectivity index (χ0) is 25.5. The van der Waals surface area contributed by atoms with E-state index in [9.17, 15) is 10.1 Å². The van der Waals surface area contributed by atoms with Crippen molar-refractivity contribution in [1.29, 1.82) is 5.26 Å². The molecule has 0 saturated carbocycles. The molecule has 180 valence electrons. The van der Waals surface area contributed by atoms with Crippen molar-refractivity contribution in [2.24, 2.45) is 0 Å². The highest BCUT2D eigenvalue weighted by Gasteiger charge is 2.14. The van der Waals surface area contributed by atoms with Crippen molar-refractivity contribution in [2.75, 3.05) is 11.9 Å². The van der Waals surface area contributed by atoms with Gasteiger partial charge in [0.05, 0.1) is 6.61 Å². The van der Waals surface area contributed by atoms with Crippen LogP contribution in [0, 0.1) is 25.2 Å². The van der Waals surface area contributed by atoms with Gasteiger partial charge in [-0.3, -0.25) is 4.79 Å². The van der Waals surface area contributed by atoms with E-state index < -0.39 is 5.91 Å². The molecular weight excluding hydrogens is 448 g/mol. The van der Waals surface area contributed by atoms with Crippen molar-refractivity contribution in [3.63, 3.8) is 0 Å². The summed E-state index contributed by atoms with van der Waals surface area (Å²) in [5.41, 5.74) is 4.35. The summed E-state index contributed by atoms with van der Waals surface area (Å²) < 4.78 is 12.0. The van der Waals surface area contributed by atoms with Gasteiger partial charge in [0.2, 0.25) is 0 Å². The van der Waals surface area contributed by atoms with Gasteiger partial charge in [0.1, 0.15) is 18.2 Å². The molecule has 0 aliphatic heterocycles. The third-order valence-electron chi connectivity index (χ3n) is 5.93. The largest absolute Gasteiger partial charge is 0.490 e. The Bertz CT molecular complexity index is 1460. The van der Waals surface area contributed by atoms with Crippen LogP contribution in [-0.2, 0) is 11.4 Å². The summed E-state index contributed by atoms with van der Waals surface area (Å²) in [6.07, 6.45) is 1.56. The van der Waals surface area contributed by atoms with Gasteiger partial charge in [0, 0.05) is 5.69 Å². The van der Waals surface area contributed by atoms with Gasteiger partial charge in [-0.05, 0) is 72.0 Å². The summed E-state index contributed by atoms with van der Waals surface area (Å²) in [6, 6.07) is 27.5. The highest BCUT2D eigenvalue weighted by molar-refractivity contribution is 6.10. The Morgan fingerprint density at radius 2 is 1.64 bits per heavy atom. The monoisotopic (exact) mass is 476 g/mol. The molecule has 0 unspecified atom stereocenters. The van der Waals surface area contributed by atoms with Gasteiger partial charge in [0.25, 0.3) is 5.91 Å². The van der Waals surface area contributed by atoms with E-state index in [1.807, 2.05) is 75.4 Å². The highest BCUT2D eigenvalue weighted by atomic mass is 16.5. The van der Waals surface area contributed by atoms with E-state index in [1.54, 1.807) is 18.2 Å². The van der Waals surface area contributed by atoms with Gasteiger partial charge in [-0.15, -0.1) is 0 Å². The molecule has 0 radical (unpaired) electrons. The number of rotatable bonds is 8. The summed E-state index contributed by atoms with van der Waals surface area (Å²) in [5, 5.41) is 14.8. The maximum atomic E-state index is 12.8. The Kier molecular flexibility index (Phi) is 7.67. The van der Waals surface area contributed by atoms with E-state index >= 15 is 0 Å². The zero-order valence-electron chi connectivity index (χ0n) is 20.7. The van der Waals surface area contributed by atoms with Crippen molar-refractivity contribution in [3.05, 3.63) is 107 Å². The highest BCUT2D eigenvalue weighted by Crippen LogP contribution is 2.31. The molecule has 0 aromatic heterocycles. The van der Waals surface area contributed by atoms with Crippen molar-refractivity contribution < 1.29 is 14.3 Å². The zero-order valence-corrected chi connectivity index (χ0v) is 20.7. The van der Waals surface area contributed by atoms with Crippen LogP contribution >= 0.6 is 0 Å². The van der Waals surface area contributed by atoms with Crippen molar-refractivity contribution >= 4 is 28.4 Å².